The zero-order valence-electron chi connectivity index (χ0n) is 8.53. The molecule has 0 aliphatic rings. The number of pyridine rings is 1. The lowest BCUT2D eigenvalue weighted by molar-refractivity contribution is 0.492. The van der Waals surface area contributed by atoms with E-state index >= 15 is 0 Å². The Kier molecular flexibility index (Phi) is 3.38. The van der Waals surface area contributed by atoms with Crippen molar-refractivity contribution < 1.29 is 0 Å². The van der Waals surface area contributed by atoms with Gasteiger partial charge < -0.3 is 11.2 Å². The normalized spacial score (nSPS) is 10.3. The number of thiocarbonyl (C=S) groups is 1. The van der Waals surface area contributed by atoms with Crippen LogP contribution in [0.1, 0.15) is 11.1 Å². The molecule has 0 spiro atoms. The summed E-state index contributed by atoms with van der Waals surface area (Å²) in [5.41, 5.74) is 10.5. The molecule has 3 N–H and O–H groups in total. The SMILES string of the molecule is Cc1ccnc(NN(C)C)c1C(N)=S. The standard InChI is InChI=1S/C9H14N4S/c1-6-4-5-11-9(12-13(2)3)7(6)8(10)14/h4-5H,1-3H3,(H2,10,14)(H,11,12). The highest BCUT2D eigenvalue weighted by molar-refractivity contribution is 7.80. The number of hydrogen-bond acceptors (Lipinski definition) is 4. The Labute approximate surface area is 89.1 Å². The summed E-state index contributed by atoms with van der Waals surface area (Å²) >= 11 is 4.97. The summed E-state index contributed by atoms with van der Waals surface area (Å²) in [4.78, 5) is 4.54. The Morgan fingerprint density at radius 1 is 1.57 bits per heavy atom. The molecule has 14 heavy (non-hydrogen) atoms. The average Bonchev–Trinajstić information content (AvgIpc) is 2.01. The zero-order valence-corrected chi connectivity index (χ0v) is 9.35. The lowest BCUT2D eigenvalue weighted by Crippen LogP contribution is -2.24. The summed E-state index contributed by atoms with van der Waals surface area (Å²) in [5, 5.41) is 1.80. The van der Waals surface area contributed by atoms with Crippen molar-refractivity contribution in [1.29, 1.82) is 0 Å². The Bertz CT molecular complexity index is 349. The summed E-state index contributed by atoms with van der Waals surface area (Å²) in [6.45, 7) is 1.96. The maximum absolute atomic E-state index is 5.62. The third-order valence-corrected chi connectivity index (χ3v) is 1.94. The van der Waals surface area contributed by atoms with E-state index in [0.717, 1.165) is 11.1 Å². The van der Waals surface area contributed by atoms with Crippen LogP contribution in [-0.4, -0.2) is 29.1 Å². The van der Waals surface area contributed by atoms with E-state index < -0.39 is 0 Å². The van der Waals surface area contributed by atoms with Crippen LogP contribution in [0.15, 0.2) is 12.3 Å². The number of hydrazine groups is 1. The van der Waals surface area contributed by atoms with Crippen LogP contribution in [-0.2, 0) is 0 Å². The molecule has 0 bridgehead atoms. The van der Waals surface area contributed by atoms with Gasteiger partial charge in [0.05, 0.1) is 5.56 Å². The summed E-state index contributed by atoms with van der Waals surface area (Å²) in [6, 6.07) is 1.88. The van der Waals surface area contributed by atoms with Crippen molar-refractivity contribution in [2.45, 2.75) is 6.92 Å². The molecule has 0 aliphatic heterocycles. The molecule has 0 saturated carbocycles. The fraction of sp³-hybridized carbons (Fsp3) is 0.333. The smallest absolute Gasteiger partial charge is 0.150 e. The van der Waals surface area contributed by atoms with Gasteiger partial charge >= 0.3 is 0 Å². The lowest BCUT2D eigenvalue weighted by atomic mass is 10.1. The second kappa shape index (κ2) is 4.34. The summed E-state index contributed by atoms with van der Waals surface area (Å²) in [5.74, 6) is 0.697. The van der Waals surface area contributed by atoms with E-state index in [1.54, 1.807) is 11.2 Å². The molecule has 0 aromatic carbocycles. The average molecular weight is 210 g/mol. The Balaban J connectivity index is 3.14. The maximum atomic E-state index is 5.62. The Morgan fingerprint density at radius 3 is 2.71 bits per heavy atom. The van der Waals surface area contributed by atoms with Crippen LogP contribution in [0.5, 0.6) is 0 Å². The number of nitrogens with one attached hydrogen (secondary N) is 1. The van der Waals surface area contributed by atoms with E-state index in [0.29, 0.717) is 10.8 Å². The topological polar surface area (TPSA) is 54.2 Å². The van der Waals surface area contributed by atoms with Crippen molar-refractivity contribution in [2.75, 3.05) is 19.5 Å². The van der Waals surface area contributed by atoms with Gasteiger partial charge in [-0.1, -0.05) is 12.2 Å². The van der Waals surface area contributed by atoms with Crippen LogP contribution >= 0.6 is 12.2 Å². The zero-order chi connectivity index (χ0) is 10.7. The Morgan fingerprint density at radius 2 is 2.21 bits per heavy atom. The fourth-order valence-electron chi connectivity index (χ4n) is 1.17. The number of nitrogens with two attached hydrogens (primary N) is 1. The molecule has 1 rings (SSSR count). The molecule has 0 radical (unpaired) electrons. The van der Waals surface area contributed by atoms with Gasteiger partial charge in [0, 0.05) is 20.3 Å². The summed E-state index contributed by atoms with van der Waals surface area (Å²) in [6.07, 6.45) is 1.73. The molecule has 1 aromatic rings. The van der Waals surface area contributed by atoms with Crippen LogP contribution < -0.4 is 11.2 Å². The molecule has 0 unspecified atom stereocenters. The van der Waals surface area contributed by atoms with E-state index in [1.165, 1.54) is 0 Å². The van der Waals surface area contributed by atoms with Gasteiger partial charge in [-0.05, 0) is 18.6 Å². The van der Waals surface area contributed by atoms with Gasteiger partial charge in [-0.25, -0.2) is 9.99 Å². The van der Waals surface area contributed by atoms with E-state index in [-0.39, 0.29) is 0 Å². The molecule has 76 valence electrons. The summed E-state index contributed by atoms with van der Waals surface area (Å²) < 4.78 is 0. The number of hydrogen-bond donors (Lipinski definition) is 2. The number of nitrogens with zero attached hydrogens (tertiary/aromatic N) is 2. The Hall–Kier alpha value is -1.20. The van der Waals surface area contributed by atoms with E-state index in [2.05, 4.69) is 10.4 Å². The molecule has 1 heterocycles. The highest BCUT2D eigenvalue weighted by Gasteiger charge is 2.09. The van der Waals surface area contributed by atoms with Crippen LogP contribution in [0.25, 0.3) is 0 Å². The molecular formula is C9H14N4S. The molecule has 0 saturated heterocycles. The van der Waals surface area contributed by atoms with E-state index in [4.69, 9.17) is 18.0 Å². The predicted molar refractivity (Wildman–Crippen MR) is 62.2 cm³/mol. The van der Waals surface area contributed by atoms with E-state index in [1.807, 2.05) is 27.1 Å². The lowest BCUT2D eigenvalue weighted by Gasteiger charge is -2.16. The monoisotopic (exact) mass is 210 g/mol. The van der Waals surface area contributed by atoms with Gasteiger partial charge in [-0.3, -0.25) is 0 Å². The van der Waals surface area contributed by atoms with Gasteiger partial charge in [-0.2, -0.15) is 0 Å². The first-order valence-corrected chi connectivity index (χ1v) is 4.62. The summed E-state index contributed by atoms with van der Waals surface area (Å²) in [7, 11) is 3.76. The van der Waals surface area contributed by atoms with E-state index in [9.17, 15) is 0 Å². The predicted octanol–water partition coefficient (Wildman–Crippen LogP) is 0.913. The first kappa shape index (κ1) is 10.9. The largest absolute Gasteiger partial charge is 0.389 e. The van der Waals surface area contributed by atoms with Gasteiger partial charge in [-0.15, -0.1) is 0 Å². The maximum Gasteiger partial charge on any atom is 0.150 e. The minimum Gasteiger partial charge on any atom is -0.389 e. The molecule has 5 heteroatoms. The third kappa shape index (κ3) is 2.40. The van der Waals surface area contributed by atoms with Gasteiger partial charge in [0.2, 0.25) is 0 Å². The molecule has 1 aromatic heterocycles. The van der Waals surface area contributed by atoms with Crippen molar-refractivity contribution in [3.05, 3.63) is 23.4 Å². The molecular weight excluding hydrogens is 196 g/mol. The van der Waals surface area contributed by atoms with Crippen LogP contribution in [0, 0.1) is 6.92 Å². The second-order valence-electron chi connectivity index (χ2n) is 3.22. The van der Waals surface area contributed by atoms with Crippen molar-refractivity contribution in [2.24, 2.45) is 5.73 Å². The molecule has 4 nitrogen and oxygen atoms in total. The fourth-order valence-corrected chi connectivity index (χ4v) is 1.42. The third-order valence-electron chi connectivity index (χ3n) is 1.74. The number of aryl methyl sites for hydroxylation is 1. The van der Waals surface area contributed by atoms with Crippen molar-refractivity contribution in [3.8, 4) is 0 Å². The second-order valence-corrected chi connectivity index (χ2v) is 3.66. The minimum absolute atomic E-state index is 0.361. The van der Waals surface area contributed by atoms with Crippen molar-refractivity contribution in [1.82, 2.24) is 9.99 Å². The highest BCUT2D eigenvalue weighted by Crippen LogP contribution is 2.16. The minimum atomic E-state index is 0.361. The number of anilines is 1. The van der Waals surface area contributed by atoms with Gasteiger partial charge in [0.1, 0.15) is 4.99 Å². The van der Waals surface area contributed by atoms with Crippen molar-refractivity contribution >= 4 is 23.0 Å². The van der Waals surface area contributed by atoms with Crippen LogP contribution in [0.3, 0.4) is 0 Å². The van der Waals surface area contributed by atoms with Gasteiger partial charge in [0.25, 0.3) is 0 Å². The first-order chi connectivity index (χ1) is 6.52. The van der Waals surface area contributed by atoms with Crippen LogP contribution in [0.4, 0.5) is 5.82 Å². The van der Waals surface area contributed by atoms with Crippen molar-refractivity contribution in [3.63, 3.8) is 0 Å². The van der Waals surface area contributed by atoms with Gasteiger partial charge in [0.15, 0.2) is 5.82 Å². The molecule has 0 amide bonds. The number of rotatable bonds is 3. The molecule has 0 atom stereocenters. The van der Waals surface area contributed by atoms with Crippen LogP contribution in [0.2, 0.25) is 0 Å². The number of aromatic nitrogens is 1. The first-order valence-electron chi connectivity index (χ1n) is 4.21. The molecule has 0 fully saturated rings. The molecule has 0 aliphatic carbocycles. The highest BCUT2D eigenvalue weighted by atomic mass is 32.1. The quantitative estimate of drug-likeness (QED) is 0.574.